The monoisotopic (exact) mass is 502 g/mol. The molecule has 0 atom stereocenters. The molecule has 3 N–H and O–H groups in total. The maximum Gasteiger partial charge on any atom is 0.258 e. The van der Waals surface area contributed by atoms with Gasteiger partial charge in [-0.2, -0.15) is 5.10 Å². The summed E-state index contributed by atoms with van der Waals surface area (Å²) in [5.74, 6) is -0.280. The number of aromatic amines is 1. The summed E-state index contributed by atoms with van der Waals surface area (Å²) in [6.07, 6.45) is 2.43. The van der Waals surface area contributed by atoms with Gasteiger partial charge in [0.15, 0.2) is 0 Å². The summed E-state index contributed by atoms with van der Waals surface area (Å²) in [5.41, 5.74) is 4.08. The van der Waals surface area contributed by atoms with Gasteiger partial charge in [0.2, 0.25) is 5.91 Å². The van der Waals surface area contributed by atoms with Crippen molar-refractivity contribution in [1.29, 1.82) is 0 Å². The molecule has 3 aliphatic rings. The SMILES string of the molecule is O=C1CCCCN1Cc1n[nH]c2cc(O)c(C(=O)N3Cc4ccc(C(=O)N5CCNCC5)cc4C3)cc12. The third kappa shape index (κ3) is 4.42. The minimum Gasteiger partial charge on any atom is -0.507 e. The fourth-order valence-electron chi connectivity index (χ4n) is 5.50. The molecule has 0 radical (unpaired) electrons. The van der Waals surface area contributed by atoms with Crippen LogP contribution in [0.15, 0.2) is 30.3 Å². The number of benzene rings is 2. The molecule has 10 heteroatoms. The van der Waals surface area contributed by atoms with Crippen molar-refractivity contribution in [3.05, 3.63) is 58.3 Å². The van der Waals surface area contributed by atoms with Crippen molar-refractivity contribution in [2.24, 2.45) is 0 Å². The number of aromatic hydroxyl groups is 1. The smallest absolute Gasteiger partial charge is 0.258 e. The van der Waals surface area contributed by atoms with E-state index in [1.807, 2.05) is 23.1 Å². The molecule has 4 heterocycles. The van der Waals surface area contributed by atoms with Crippen LogP contribution in [0.3, 0.4) is 0 Å². The lowest BCUT2D eigenvalue weighted by molar-refractivity contribution is -0.133. The lowest BCUT2D eigenvalue weighted by atomic mass is 10.1. The second-order valence-electron chi connectivity index (χ2n) is 10.0. The molecule has 6 rings (SSSR count). The molecule has 0 spiro atoms. The van der Waals surface area contributed by atoms with Gasteiger partial charge in [-0.1, -0.05) is 6.07 Å². The van der Waals surface area contributed by atoms with E-state index in [0.717, 1.165) is 42.4 Å². The number of piperazine rings is 1. The summed E-state index contributed by atoms with van der Waals surface area (Å²) in [5, 5.41) is 21.9. The van der Waals surface area contributed by atoms with E-state index < -0.39 is 0 Å². The Morgan fingerprint density at radius 3 is 2.57 bits per heavy atom. The van der Waals surface area contributed by atoms with E-state index in [-0.39, 0.29) is 29.0 Å². The number of fused-ring (bicyclic) bond motifs is 2. The Morgan fingerprint density at radius 2 is 1.76 bits per heavy atom. The molecule has 3 aromatic rings. The van der Waals surface area contributed by atoms with Crippen LogP contribution in [0.5, 0.6) is 5.75 Å². The van der Waals surface area contributed by atoms with Gasteiger partial charge >= 0.3 is 0 Å². The van der Waals surface area contributed by atoms with Gasteiger partial charge in [-0.3, -0.25) is 19.5 Å². The minimum absolute atomic E-state index is 0.0110. The van der Waals surface area contributed by atoms with E-state index in [1.165, 1.54) is 6.07 Å². The van der Waals surface area contributed by atoms with Crippen LogP contribution in [0, 0.1) is 0 Å². The van der Waals surface area contributed by atoms with Gasteiger partial charge in [-0.25, -0.2) is 0 Å². The number of nitrogens with one attached hydrogen (secondary N) is 2. The first kappa shape index (κ1) is 23.5. The van der Waals surface area contributed by atoms with Crippen LogP contribution in [0.4, 0.5) is 0 Å². The molecule has 1 aromatic heterocycles. The number of aromatic nitrogens is 2. The Balaban J connectivity index is 1.21. The molecule has 2 saturated heterocycles. The van der Waals surface area contributed by atoms with Crippen LogP contribution in [-0.2, 0) is 24.4 Å². The Hall–Kier alpha value is -3.92. The van der Waals surface area contributed by atoms with Gasteiger partial charge in [0.05, 0.1) is 23.3 Å². The van der Waals surface area contributed by atoms with E-state index in [0.29, 0.717) is 62.5 Å². The summed E-state index contributed by atoms with van der Waals surface area (Å²) >= 11 is 0. The van der Waals surface area contributed by atoms with E-state index in [2.05, 4.69) is 15.5 Å². The van der Waals surface area contributed by atoms with Crippen LogP contribution in [-0.4, -0.2) is 80.4 Å². The predicted molar refractivity (Wildman–Crippen MR) is 136 cm³/mol. The number of hydrogen-bond acceptors (Lipinski definition) is 6. The number of amides is 3. The highest BCUT2D eigenvalue weighted by molar-refractivity contribution is 6.01. The Bertz CT molecular complexity index is 1390. The number of phenols is 1. The standard InChI is InChI=1S/C27H30N6O4/c34-24-13-22-20(23(30-29-22)16-32-8-2-1-3-25(32)35)12-21(24)27(37)33-14-18-5-4-17(11-19(18)15-33)26(36)31-9-6-28-7-10-31/h4-5,11-13,28,34H,1-3,6-10,14-16H2,(H,29,30). The fourth-order valence-corrected chi connectivity index (χ4v) is 5.50. The number of phenolic OH excluding ortho intramolecular Hbond substituents is 1. The van der Waals surface area contributed by atoms with Crippen molar-refractivity contribution >= 4 is 28.6 Å². The topological polar surface area (TPSA) is 122 Å². The molecule has 192 valence electrons. The predicted octanol–water partition coefficient (Wildman–Crippen LogP) is 1.98. The third-order valence-electron chi connectivity index (χ3n) is 7.62. The van der Waals surface area contributed by atoms with Crippen molar-refractivity contribution in [2.75, 3.05) is 32.7 Å². The molecule has 10 nitrogen and oxygen atoms in total. The van der Waals surface area contributed by atoms with Crippen molar-refractivity contribution in [2.45, 2.75) is 38.9 Å². The van der Waals surface area contributed by atoms with Gasteiger partial charge in [0.1, 0.15) is 5.75 Å². The quantitative estimate of drug-likeness (QED) is 0.502. The molecule has 3 amide bonds. The van der Waals surface area contributed by atoms with Gasteiger partial charge in [0, 0.05) is 69.3 Å². The van der Waals surface area contributed by atoms with Crippen molar-refractivity contribution in [3.8, 4) is 5.75 Å². The molecule has 0 bridgehead atoms. The lowest BCUT2D eigenvalue weighted by Crippen LogP contribution is -2.46. The highest BCUT2D eigenvalue weighted by atomic mass is 16.3. The van der Waals surface area contributed by atoms with Gasteiger partial charge in [0.25, 0.3) is 11.8 Å². The van der Waals surface area contributed by atoms with Crippen molar-refractivity contribution in [3.63, 3.8) is 0 Å². The zero-order valence-corrected chi connectivity index (χ0v) is 20.6. The summed E-state index contributed by atoms with van der Waals surface area (Å²) in [6, 6.07) is 8.83. The van der Waals surface area contributed by atoms with Crippen LogP contribution in [0.2, 0.25) is 0 Å². The van der Waals surface area contributed by atoms with Crippen molar-refractivity contribution < 1.29 is 19.5 Å². The Labute approximate surface area is 214 Å². The normalized spacial score (nSPS) is 17.9. The number of carbonyl (C=O) groups is 3. The second kappa shape index (κ2) is 9.51. The minimum atomic E-state index is -0.285. The number of rotatable bonds is 4. The zero-order valence-electron chi connectivity index (χ0n) is 20.6. The first-order chi connectivity index (χ1) is 18.0. The molecule has 2 fully saturated rings. The summed E-state index contributed by atoms with van der Waals surface area (Å²) in [6.45, 7) is 4.80. The van der Waals surface area contributed by atoms with Crippen LogP contribution in [0.25, 0.3) is 10.9 Å². The number of piperidine rings is 1. The molecule has 0 aliphatic carbocycles. The fraction of sp³-hybridized carbons (Fsp3) is 0.407. The molecular weight excluding hydrogens is 472 g/mol. The largest absolute Gasteiger partial charge is 0.507 e. The molecule has 0 saturated carbocycles. The number of nitrogens with zero attached hydrogens (tertiary/aromatic N) is 4. The first-order valence-electron chi connectivity index (χ1n) is 12.9. The van der Waals surface area contributed by atoms with E-state index in [1.54, 1.807) is 15.9 Å². The number of likely N-dealkylation sites (tertiary alicyclic amines) is 1. The third-order valence-corrected chi connectivity index (χ3v) is 7.62. The van der Waals surface area contributed by atoms with E-state index in [9.17, 15) is 19.5 Å². The molecule has 2 aromatic carbocycles. The van der Waals surface area contributed by atoms with Crippen LogP contribution in [0.1, 0.15) is 56.8 Å². The van der Waals surface area contributed by atoms with Crippen molar-refractivity contribution in [1.82, 2.24) is 30.2 Å². The maximum absolute atomic E-state index is 13.5. The Morgan fingerprint density at radius 1 is 0.946 bits per heavy atom. The summed E-state index contributed by atoms with van der Waals surface area (Å²) in [4.78, 5) is 44.0. The highest BCUT2D eigenvalue weighted by Gasteiger charge is 2.29. The van der Waals surface area contributed by atoms with Gasteiger partial charge < -0.3 is 25.1 Å². The van der Waals surface area contributed by atoms with E-state index in [4.69, 9.17) is 0 Å². The molecule has 0 unspecified atom stereocenters. The number of H-pyrrole nitrogens is 1. The zero-order chi connectivity index (χ0) is 25.5. The van der Waals surface area contributed by atoms with Crippen LogP contribution < -0.4 is 5.32 Å². The maximum atomic E-state index is 13.5. The average molecular weight is 503 g/mol. The summed E-state index contributed by atoms with van der Waals surface area (Å²) in [7, 11) is 0. The first-order valence-corrected chi connectivity index (χ1v) is 12.9. The second-order valence-corrected chi connectivity index (χ2v) is 10.0. The highest BCUT2D eigenvalue weighted by Crippen LogP contribution is 2.31. The molecular formula is C27H30N6O4. The number of hydrogen-bond donors (Lipinski definition) is 3. The van der Waals surface area contributed by atoms with Crippen LogP contribution >= 0.6 is 0 Å². The van der Waals surface area contributed by atoms with E-state index >= 15 is 0 Å². The van der Waals surface area contributed by atoms with Gasteiger partial charge in [-0.05, 0) is 42.2 Å². The molecule has 3 aliphatic heterocycles. The van der Waals surface area contributed by atoms with Gasteiger partial charge in [-0.15, -0.1) is 0 Å². The average Bonchev–Trinajstić information content (AvgIpc) is 3.52. The number of carbonyl (C=O) groups excluding carboxylic acids is 3. The summed E-state index contributed by atoms with van der Waals surface area (Å²) < 4.78 is 0. The molecule has 37 heavy (non-hydrogen) atoms. The Kier molecular flexibility index (Phi) is 6.03. The lowest BCUT2D eigenvalue weighted by Gasteiger charge is -2.27.